The predicted octanol–water partition coefficient (Wildman–Crippen LogP) is 1.49. The highest BCUT2D eigenvalue weighted by molar-refractivity contribution is 7.91. The molecule has 9 heteroatoms. The molecule has 0 spiro atoms. The summed E-state index contributed by atoms with van der Waals surface area (Å²) in [6, 6.07) is 8.42. The second-order valence-corrected chi connectivity index (χ2v) is 8.14. The fraction of sp³-hybridized carbons (Fsp3) is 0.312. The number of nitrogens with one attached hydrogen (secondary N) is 1. The average molecular weight is 364 g/mol. The van der Waals surface area contributed by atoms with E-state index in [1.165, 1.54) is 18.2 Å². The van der Waals surface area contributed by atoms with Crippen molar-refractivity contribution in [2.24, 2.45) is 0 Å². The van der Waals surface area contributed by atoms with Gasteiger partial charge in [-0.1, -0.05) is 6.07 Å². The maximum absolute atomic E-state index is 13.2. The molecule has 1 atom stereocenters. The van der Waals surface area contributed by atoms with Crippen LogP contribution in [-0.4, -0.2) is 49.1 Å². The summed E-state index contributed by atoms with van der Waals surface area (Å²) in [7, 11) is -1.22. The zero-order chi connectivity index (χ0) is 18.0. The van der Waals surface area contributed by atoms with Crippen LogP contribution in [0.25, 0.3) is 0 Å². The Morgan fingerprint density at radius 1 is 1.28 bits per heavy atom. The van der Waals surface area contributed by atoms with Crippen molar-refractivity contribution in [2.45, 2.75) is 12.5 Å². The van der Waals surface area contributed by atoms with Gasteiger partial charge in [0.1, 0.15) is 5.82 Å². The average Bonchev–Trinajstić information content (AvgIpc) is 2.95. The Balaban J connectivity index is 1.67. The van der Waals surface area contributed by atoms with Crippen molar-refractivity contribution < 1.29 is 17.6 Å². The fourth-order valence-electron chi connectivity index (χ4n) is 2.67. The highest BCUT2D eigenvalue weighted by atomic mass is 32.2. The lowest BCUT2D eigenvalue weighted by Gasteiger charge is -2.23. The largest absolute Gasteiger partial charge is 0.354 e. The fourth-order valence-corrected chi connectivity index (χ4v) is 4.44. The molecule has 0 radical (unpaired) electrons. The van der Waals surface area contributed by atoms with Gasteiger partial charge in [-0.25, -0.2) is 12.8 Å². The lowest BCUT2D eigenvalue weighted by molar-refractivity contribution is 0.102. The lowest BCUT2D eigenvalue weighted by atomic mass is 10.2. The summed E-state index contributed by atoms with van der Waals surface area (Å²) in [6.45, 7) is 0. The van der Waals surface area contributed by atoms with E-state index in [1.807, 2.05) is 0 Å². The highest BCUT2D eigenvalue weighted by Gasteiger charge is 2.31. The first-order valence-electron chi connectivity index (χ1n) is 7.68. The highest BCUT2D eigenvalue weighted by Crippen LogP contribution is 2.21. The second kappa shape index (κ2) is 6.75. The summed E-state index contributed by atoms with van der Waals surface area (Å²) < 4.78 is 36.3. The molecule has 1 aliphatic heterocycles. The van der Waals surface area contributed by atoms with Crippen molar-refractivity contribution in [1.82, 2.24) is 10.2 Å². The van der Waals surface area contributed by atoms with E-state index in [-0.39, 0.29) is 28.9 Å². The number of hydrogen-bond donors (Lipinski definition) is 1. The van der Waals surface area contributed by atoms with Crippen LogP contribution < -0.4 is 10.2 Å². The van der Waals surface area contributed by atoms with E-state index in [2.05, 4.69) is 15.5 Å². The topological polar surface area (TPSA) is 92.3 Å². The van der Waals surface area contributed by atoms with Gasteiger partial charge in [0.15, 0.2) is 21.5 Å². The van der Waals surface area contributed by atoms with Gasteiger partial charge in [0, 0.05) is 18.7 Å². The Morgan fingerprint density at radius 2 is 2.08 bits per heavy atom. The molecule has 0 aliphatic carbocycles. The van der Waals surface area contributed by atoms with Crippen LogP contribution in [0.2, 0.25) is 0 Å². The molecule has 1 saturated heterocycles. The molecular formula is C16H17FN4O3S. The molecule has 3 rings (SSSR count). The molecule has 1 amide bonds. The number of halogens is 1. The van der Waals surface area contributed by atoms with Crippen molar-refractivity contribution in [3.8, 4) is 0 Å². The van der Waals surface area contributed by atoms with Crippen LogP contribution >= 0.6 is 0 Å². The van der Waals surface area contributed by atoms with Gasteiger partial charge in [0.25, 0.3) is 5.91 Å². The minimum Gasteiger partial charge on any atom is -0.354 e. The maximum Gasteiger partial charge on any atom is 0.256 e. The van der Waals surface area contributed by atoms with Crippen molar-refractivity contribution in [1.29, 1.82) is 0 Å². The van der Waals surface area contributed by atoms with E-state index in [0.717, 1.165) is 6.07 Å². The number of amides is 1. The van der Waals surface area contributed by atoms with E-state index in [4.69, 9.17) is 0 Å². The number of hydrogen-bond acceptors (Lipinski definition) is 6. The molecule has 2 heterocycles. The van der Waals surface area contributed by atoms with Gasteiger partial charge in [0.05, 0.1) is 11.5 Å². The third kappa shape index (κ3) is 4.11. The number of benzene rings is 1. The number of nitrogens with zero attached hydrogens (tertiary/aromatic N) is 3. The standard InChI is InChI=1S/C16H17FN4O3S/c1-21(13-7-8-25(23,24)10-13)15-6-5-14(19-20-15)18-16(22)11-3-2-4-12(17)9-11/h2-6,9,13H,7-8,10H2,1H3,(H,18,19,22). The Bertz CT molecular complexity index is 887. The Kier molecular flexibility index (Phi) is 4.67. The van der Waals surface area contributed by atoms with Gasteiger partial charge in [-0.2, -0.15) is 0 Å². The number of carbonyl (C=O) groups is 1. The number of carbonyl (C=O) groups excluding carboxylic acids is 1. The molecule has 0 saturated carbocycles. The van der Waals surface area contributed by atoms with E-state index in [1.54, 1.807) is 24.1 Å². The van der Waals surface area contributed by atoms with Crippen molar-refractivity contribution >= 4 is 27.4 Å². The number of anilines is 2. The summed E-state index contributed by atoms with van der Waals surface area (Å²) in [5, 5.41) is 10.5. The Hall–Kier alpha value is -2.55. The van der Waals surface area contributed by atoms with Gasteiger partial charge in [-0.3, -0.25) is 4.79 Å². The zero-order valence-electron chi connectivity index (χ0n) is 13.5. The minimum atomic E-state index is -2.98. The second-order valence-electron chi connectivity index (χ2n) is 5.91. The molecule has 1 fully saturated rings. The van der Waals surface area contributed by atoms with Crippen LogP contribution in [-0.2, 0) is 9.84 Å². The van der Waals surface area contributed by atoms with Crippen LogP contribution in [0.3, 0.4) is 0 Å². The van der Waals surface area contributed by atoms with Crippen molar-refractivity contribution in [3.05, 3.63) is 47.8 Å². The van der Waals surface area contributed by atoms with Crippen molar-refractivity contribution in [3.63, 3.8) is 0 Å². The first-order valence-corrected chi connectivity index (χ1v) is 9.50. The number of rotatable bonds is 4. The van der Waals surface area contributed by atoms with Gasteiger partial charge in [-0.15, -0.1) is 10.2 Å². The monoisotopic (exact) mass is 364 g/mol. The number of sulfone groups is 1. The normalized spacial score (nSPS) is 18.7. The SMILES string of the molecule is CN(c1ccc(NC(=O)c2cccc(F)c2)nn1)C1CCS(=O)(=O)C1. The number of aromatic nitrogens is 2. The van der Waals surface area contributed by atoms with E-state index >= 15 is 0 Å². The third-order valence-corrected chi connectivity index (χ3v) is 5.85. The molecule has 2 aromatic rings. The predicted molar refractivity (Wildman–Crippen MR) is 91.8 cm³/mol. The summed E-state index contributed by atoms with van der Waals surface area (Å²) in [4.78, 5) is 13.8. The summed E-state index contributed by atoms with van der Waals surface area (Å²) in [5.41, 5.74) is 0.180. The molecule has 1 aliphatic rings. The van der Waals surface area contributed by atoms with Gasteiger partial charge < -0.3 is 10.2 Å². The molecule has 1 aromatic heterocycles. The van der Waals surface area contributed by atoms with E-state index in [9.17, 15) is 17.6 Å². The van der Waals surface area contributed by atoms with Crippen LogP contribution in [0.1, 0.15) is 16.8 Å². The lowest BCUT2D eigenvalue weighted by Crippen LogP contribution is -2.33. The molecule has 7 nitrogen and oxygen atoms in total. The molecule has 25 heavy (non-hydrogen) atoms. The molecule has 0 bridgehead atoms. The molecule has 132 valence electrons. The first-order chi connectivity index (χ1) is 11.8. The Labute approximate surface area is 144 Å². The van der Waals surface area contributed by atoms with Crippen LogP contribution in [0.5, 0.6) is 0 Å². The first kappa shape index (κ1) is 17.3. The smallest absolute Gasteiger partial charge is 0.256 e. The zero-order valence-corrected chi connectivity index (χ0v) is 14.3. The Morgan fingerprint density at radius 3 is 2.68 bits per heavy atom. The van der Waals surface area contributed by atoms with E-state index < -0.39 is 21.6 Å². The summed E-state index contributed by atoms with van der Waals surface area (Å²) >= 11 is 0. The quantitative estimate of drug-likeness (QED) is 0.884. The molecule has 1 unspecified atom stereocenters. The molecule has 1 aromatic carbocycles. The van der Waals surface area contributed by atoms with Gasteiger partial charge >= 0.3 is 0 Å². The summed E-state index contributed by atoms with van der Waals surface area (Å²) in [6.07, 6.45) is 0.554. The maximum atomic E-state index is 13.2. The van der Waals surface area contributed by atoms with Gasteiger partial charge in [0.2, 0.25) is 0 Å². The van der Waals surface area contributed by atoms with Crippen LogP contribution in [0, 0.1) is 5.82 Å². The van der Waals surface area contributed by atoms with Crippen LogP contribution in [0.4, 0.5) is 16.0 Å². The van der Waals surface area contributed by atoms with Gasteiger partial charge in [-0.05, 0) is 36.8 Å². The molecular weight excluding hydrogens is 347 g/mol. The third-order valence-electron chi connectivity index (χ3n) is 4.10. The van der Waals surface area contributed by atoms with Crippen LogP contribution in [0.15, 0.2) is 36.4 Å². The van der Waals surface area contributed by atoms with Crippen molar-refractivity contribution in [2.75, 3.05) is 28.8 Å². The van der Waals surface area contributed by atoms with E-state index in [0.29, 0.717) is 12.2 Å². The minimum absolute atomic E-state index is 0.100. The molecule has 1 N–H and O–H groups in total. The summed E-state index contributed by atoms with van der Waals surface area (Å²) in [5.74, 6) is 0.0378.